The Balaban J connectivity index is 1.34. The van der Waals surface area contributed by atoms with Crippen LogP contribution in [0.25, 0.3) is 0 Å². The Morgan fingerprint density at radius 3 is 2.48 bits per heavy atom. The number of benzene rings is 1. The van der Waals surface area contributed by atoms with Gasteiger partial charge in [-0.05, 0) is 75.9 Å². The van der Waals surface area contributed by atoms with Crippen molar-refractivity contribution in [3.05, 3.63) is 29.3 Å². The highest BCUT2D eigenvalue weighted by molar-refractivity contribution is 5.52. The smallest absolute Gasteiger partial charge is 0.0369 e. The molecule has 0 aromatic heterocycles. The van der Waals surface area contributed by atoms with Gasteiger partial charge in [0.15, 0.2) is 0 Å². The summed E-state index contributed by atoms with van der Waals surface area (Å²) in [6, 6.07) is 8.80. The zero-order valence-electron chi connectivity index (χ0n) is 14.8. The molecule has 0 spiro atoms. The number of aryl methyl sites for hydroxylation is 2. The molecule has 0 saturated carbocycles. The summed E-state index contributed by atoms with van der Waals surface area (Å²) in [7, 11) is 4.45. The summed E-state index contributed by atoms with van der Waals surface area (Å²) in [5.74, 6) is 0. The third-order valence-corrected chi connectivity index (χ3v) is 6.35. The molecule has 1 unspecified atom stereocenters. The summed E-state index contributed by atoms with van der Waals surface area (Å²) >= 11 is 0. The van der Waals surface area contributed by atoms with Crippen LogP contribution in [0, 0.1) is 0 Å². The number of hydrogen-bond acceptors (Lipinski definition) is 3. The van der Waals surface area contributed by atoms with Crippen LogP contribution in [0.3, 0.4) is 0 Å². The predicted molar refractivity (Wildman–Crippen MR) is 97.4 cm³/mol. The van der Waals surface area contributed by atoms with Gasteiger partial charge in [0.2, 0.25) is 0 Å². The highest BCUT2D eigenvalue weighted by atomic mass is 15.3. The molecule has 1 atom stereocenters. The van der Waals surface area contributed by atoms with E-state index in [1.165, 1.54) is 70.4 Å². The molecule has 2 saturated heterocycles. The maximum absolute atomic E-state index is 2.75. The molecule has 23 heavy (non-hydrogen) atoms. The van der Waals surface area contributed by atoms with E-state index < -0.39 is 0 Å². The van der Waals surface area contributed by atoms with Crippen molar-refractivity contribution in [2.75, 3.05) is 45.2 Å². The van der Waals surface area contributed by atoms with E-state index in [1.54, 1.807) is 11.1 Å². The van der Waals surface area contributed by atoms with E-state index in [2.05, 4.69) is 47.0 Å². The van der Waals surface area contributed by atoms with Crippen LogP contribution < -0.4 is 4.90 Å². The molecule has 3 nitrogen and oxygen atoms in total. The Labute approximate surface area is 141 Å². The third-order valence-electron chi connectivity index (χ3n) is 6.35. The van der Waals surface area contributed by atoms with Gasteiger partial charge in [-0.2, -0.15) is 0 Å². The predicted octanol–water partition coefficient (Wildman–Crippen LogP) is 2.78. The molecular weight excluding hydrogens is 282 g/mol. The summed E-state index contributed by atoms with van der Waals surface area (Å²) in [5, 5.41) is 0. The Morgan fingerprint density at radius 1 is 0.957 bits per heavy atom. The van der Waals surface area contributed by atoms with Crippen molar-refractivity contribution in [1.29, 1.82) is 0 Å². The number of likely N-dealkylation sites (N-methyl/N-ethyl adjacent to an activating group) is 1. The van der Waals surface area contributed by atoms with Gasteiger partial charge in [-0.15, -0.1) is 0 Å². The highest BCUT2D eigenvalue weighted by Crippen LogP contribution is 2.30. The van der Waals surface area contributed by atoms with Crippen LogP contribution in [0.5, 0.6) is 0 Å². The number of nitrogens with zero attached hydrogens (tertiary/aromatic N) is 3. The van der Waals surface area contributed by atoms with E-state index in [1.807, 2.05) is 0 Å². The van der Waals surface area contributed by atoms with Crippen LogP contribution in [0.15, 0.2) is 18.2 Å². The molecule has 2 fully saturated rings. The van der Waals surface area contributed by atoms with Gasteiger partial charge < -0.3 is 9.80 Å². The molecule has 4 rings (SSSR count). The largest absolute Gasteiger partial charge is 0.371 e. The van der Waals surface area contributed by atoms with E-state index in [0.717, 1.165) is 12.1 Å². The molecule has 1 aliphatic carbocycles. The van der Waals surface area contributed by atoms with Crippen molar-refractivity contribution >= 4 is 5.69 Å². The van der Waals surface area contributed by atoms with Crippen LogP contribution in [0.2, 0.25) is 0 Å². The zero-order valence-corrected chi connectivity index (χ0v) is 14.8. The molecule has 3 heteroatoms. The maximum atomic E-state index is 2.75. The average Bonchev–Trinajstić information content (AvgIpc) is 3.23. The number of fused-ring (bicyclic) bond motifs is 1. The maximum Gasteiger partial charge on any atom is 0.0369 e. The molecular formula is C20H31N3. The average molecular weight is 313 g/mol. The van der Waals surface area contributed by atoms with E-state index in [0.29, 0.717) is 0 Å². The topological polar surface area (TPSA) is 9.72 Å². The summed E-state index contributed by atoms with van der Waals surface area (Å²) in [6.45, 7) is 5.03. The van der Waals surface area contributed by atoms with Gasteiger partial charge in [0.25, 0.3) is 0 Å². The Kier molecular flexibility index (Phi) is 4.33. The minimum absolute atomic E-state index is 0.768. The van der Waals surface area contributed by atoms with Crippen LogP contribution in [0.1, 0.15) is 36.8 Å². The van der Waals surface area contributed by atoms with Gasteiger partial charge in [0, 0.05) is 44.0 Å². The Morgan fingerprint density at radius 2 is 1.74 bits per heavy atom. The van der Waals surface area contributed by atoms with Gasteiger partial charge in [-0.25, -0.2) is 0 Å². The van der Waals surface area contributed by atoms with Gasteiger partial charge >= 0.3 is 0 Å². The number of anilines is 1. The summed E-state index contributed by atoms with van der Waals surface area (Å²) in [4.78, 5) is 7.78. The Hall–Kier alpha value is -1.06. The van der Waals surface area contributed by atoms with Crippen LogP contribution in [-0.4, -0.2) is 62.2 Å². The van der Waals surface area contributed by atoms with Gasteiger partial charge in [0.05, 0.1) is 0 Å². The van der Waals surface area contributed by atoms with Gasteiger partial charge in [-0.3, -0.25) is 4.90 Å². The SMILES string of the molecule is CN(C)C1CCN(C2CCN(c3ccc4c(c3)CCC4)CC2)C1. The molecule has 2 aliphatic heterocycles. The molecule has 1 aromatic carbocycles. The lowest BCUT2D eigenvalue weighted by Crippen LogP contribution is -2.45. The first-order valence-electron chi connectivity index (χ1n) is 9.48. The quantitative estimate of drug-likeness (QED) is 0.849. The molecule has 126 valence electrons. The fraction of sp³-hybridized carbons (Fsp3) is 0.700. The van der Waals surface area contributed by atoms with Crippen molar-refractivity contribution < 1.29 is 0 Å². The molecule has 1 aromatic rings. The molecule has 3 aliphatic rings. The standard InChI is InChI=1S/C20H31N3/c1-21(2)20-10-13-23(15-20)18-8-11-22(12-9-18)19-7-6-16-4-3-5-17(16)14-19/h6-7,14,18,20H,3-5,8-13,15H2,1-2H3. The number of likely N-dealkylation sites (tertiary alicyclic amines) is 1. The second kappa shape index (κ2) is 6.45. The van der Waals surface area contributed by atoms with Crippen LogP contribution >= 0.6 is 0 Å². The highest BCUT2D eigenvalue weighted by Gasteiger charge is 2.31. The number of piperidine rings is 1. The first-order chi connectivity index (χ1) is 11.2. The van der Waals surface area contributed by atoms with Crippen molar-refractivity contribution in [3.8, 4) is 0 Å². The van der Waals surface area contributed by atoms with Crippen LogP contribution in [0.4, 0.5) is 5.69 Å². The first kappa shape index (κ1) is 15.5. The minimum atomic E-state index is 0.768. The van der Waals surface area contributed by atoms with Crippen LogP contribution in [-0.2, 0) is 12.8 Å². The monoisotopic (exact) mass is 313 g/mol. The van der Waals surface area contributed by atoms with Crippen molar-refractivity contribution in [2.45, 2.75) is 50.6 Å². The lowest BCUT2D eigenvalue weighted by Gasteiger charge is -2.38. The van der Waals surface area contributed by atoms with Gasteiger partial charge in [0.1, 0.15) is 0 Å². The fourth-order valence-corrected chi connectivity index (χ4v) is 4.77. The third kappa shape index (κ3) is 3.14. The lowest BCUT2D eigenvalue weighted by molar-refractivity contribution is 0.189. The molecule has 0 N–H and O–H groups in total. The van der Waals surface area contributed by atoms with E-state index in [9.17, 15) is 0 Å². The van der Waals surface area contributed by atoms with E-state index in [4.69, 9.17) is 0 Å². The number of hydrogen-bond donors (Lipinski definition) is 0. The lowest BCUT2D eigenvalue weighted by atomic mass is 10.0. The fourth-order valence-electron chi connectivity index (χ4n) is 4.77. The second-order valence-corrected chi connectivity index (χ2v) is 7.93. The summed E-state index contributed by atoms with van der Waals surface area (Å²) < 4.78 is 0. The number of rotatable bonds is 3. The molecule has 2 heterocycles. The van der Waals surface area contributed by atoms with Crippen molar-refractivity contribution in [2.24, 2.45) is 0 Å². The minimum Gasteiger partial charge on any atom is -0.371 e. The van der Waals surface area contributed by atoms with E-state index in [-0.39, 0.29) is 0 Å². The zero-order chi connectivity index (χ0) is 15.8. The molecule has 0 amide bonds. The van der Waals surface area contributed by atoms with Crippen molar-refractivity contribution in [3.63, 3.8) is 0 Å². The summed E-state index contributed by atoms with van der Waals surface area (Å²) in [5.41, 5.74) is 4.67. The van der Waals surface area contributed by atoms with E-state index >= 15 is 0 Å². The summed E-state index contributed by atoms with van der Waals surface area (Å²) in [6.07, 6.45) is 7.94. The second-order valence-electron chi connectivity index (χ2n) is 7.93. The Bertz CT molecular complexity index is 546. The molecule has 0 radical (unpaired) electrons. The normalized spacial score (nSPS) is 26.2. The molecule has 0 bridgehead atoms. The first-order valence-corrected chi connectivity index (χ1v) is 9.48. The van der Waals surface area contributed by atoms with Gasteiger partial charge in [-0.1, -0.05) is 6.07 Å². The van der Waals surface area contributed by atoms with Crippen molar-refractivity contribution in [1.82, 2.24) is 9.80 Å².